The number of halogens is 1. The third-order valence-electron chi connectivity index (χ3n) is 3.48. The lowest BCUT2D eigenvalue weighted by Crippen LogP contribution is -2.37. The van der Waals surface area contributed by atoms with E-state index in [1.807, 2.05) is 41.8 Å². The average molecular weight is 355 g/mol. The Kier molecular flexibility index (Phi) is 5.05. The van der Waals surface area contributed by atoms with Crippen molar-refractivity contribution in [3.63, 3.8) is 0 Å². The third kappa shape index (κ3) is 3.33. The molecule has 1 atom stereocenters. The number of aromatic nitrogens is 1. The van der Waals surface area contributed by atoms with Gasteiger partial charge in [-0.3, -0.25) is 4.79 Å². The van der Waals surface area contributed by atoms with Gasteiger partial charge >= 0.3 is 0 Å². The zero-order valence-corrected chi connectivity index (χ0v) is 14.4. The largest absolute Gasteiger partial charge is 0.343 e. The highest BCUT2D eigenvalue weighted by Gasteiger charge is 2.21. The summed E-state index contributed by atoms with van der Waals surface area (Å²) >= 11 is 5.17. The predicted octanol–water partition coefficient (Wildman–Crippen LogP) is 4.04. The SMILES string of the molecule is CCn1cc(Br)cc1C(=O)N(C)C(C)Cc1cccs1. The van der Waals surface area contributed by atoms with Crippen LogP contribution in [0.2, 0.25) is 0 Å². The molecule has 0 saturated heterocycles. The maximum absolute atomic E-state index is 12.6. The van der Waals surface area contributed by atoms with Crippen LogP contribution in [-0.2, 0) is 13.0 Å². The zero-order chi connectivity index (χ0) is 14.7. The van der Waals surface area contributed by atoms with Gasteiger partial charge in [0.15, 0.2) is 0 Å². The first-order valence-corrected chi connectivity index (χ1v) is 8.35. The molecule has 0 fully saturated rings. The molecule has 3 nitrogen and oxygen atoms in total. The molecule has 108 valence electrons. The maximum Gasteiger partial charge on any atom is 0.270 e. The van der Waals surface area contributed by atoms with Crippen molar-refractivity contribution in [2.75, 3.05) is 7.05 Å². The molecule has 1 amide bonds. The van der Waals surface area contributed by atoms with E-state index in [-0.39, 0.29) is 11.9 Å². The van der Waals surface area contributed by atoms with E-state index in [2.05, 4.69) is 34.3 Å². The van der Waals surface area contributed by atoms with Crippen LogP contribution in [-0.4, -0.2) is 28.5 Å². The number of aryl methyl sites for hydroxylation is 1. The minimum Gasteiger partial charge on any atom is -0.343 e. The lowest BCUT2D eigenvalue weighted by Gasteiger charge is -2.25. The molecule has 1 unspecified atom stereocenters. The molecule has 20 heavy (non-hydrogen) atoms. The second-order valence-corrected chi connectivity index (χ2v) is 6.83. The second-order valence-electron chi connectivity index (χ2n) is 4.88. The number of thiophene rings is 1. The Bertz CT molecular complexity index is 577. The summed E-state index contributed by atoms with van der Waals surface area (Å²) in [6.45, 7) is 4.92. The van der Waals surface area contributed by atoms with Crippen molar-refractivity contribution in [1.82, 2.24) is 9.47 Å². The number of carbonyl (C=O) groups excluding carboxylic acids is 1. The van der Waals surface area contributed by atoms with E-state index in [0.717, 1.165) is 23.1 Å². The first-order valence-electron chi connectivity index (χ1n) is 6.68. The molecule has 0 aliphatic rings. The van der Waals surface area contributed by atoms with Crippen LogP contribution in [0.4, 0.5) is 0 Å². The summed E-state index contributed by atoms with van der Waals surface area (Å²) in [5, 5.41) is 2.07. The molecule has 2 heterocycles. The van der Waals surface area contributed by atoms with Crippen LogP contribution in [0.1, 0.15) is 29.2 Å². The van der Waals surface area contributed by atoms with Crippen LogP contribution in [0.3, 0.4) is 0 Å². The van der Waals surface area contributed by atoms with E-state index < -0.39 is 0 Å². The van der Waals surface area contributed by atoms with Crippen molar-refractivity contribution in [2.24, 2.45) is 0 Å². The van der Waals surface area contributed by atoms with E-state index in [1.54, 1.807) is 11.3 Å². The van der Waals surface area contributed by atoms with Gasteiger partial charge in [-0.1, -0.05) is 6.07 Å². The predicted molar refractivity (Wildman–Crippen MR) is 87.4 cm³/mol. The minimum atomic E-state index is 0.0709. The van der Waals surface area contributed by atoms with Gasteiger partial charge in [-0.2, -0.15) is 0 Å². The molecular formula is C15H19BrN2OS. The van der Waals surface area contributed by atoms with Gasteiger partial charge in [0.05, 0.1) is 0 Å². The monoisotopic (exact) mass is 354 g/mol. The van der Waals surface area contributed by atoms with E-state index in [9.17, 15) is 4.79 Å². The summed E-state index contributed by atoms with van der Waals surface area (Å²) in [5.41, 5.74) is 0.736. The molecule has 2 rings (SSSR count). The highest BCUT2D eigenvalue weighted by atomic mass is 79.9. The van der Waals surface area contributed by atoms with Gasteiger partial charge in [0.25, 0.3) is 5.91 Å². The summed E-state index contributed by atoms with van der Waals surface area (Å²) in [7, 11) is 1.88. The minimum absolute atomic E-state index is 0.0709. The van der Waals surface area contributed by atoms with Gasteiger partial charge in [-0.15, -0.1) is 11.3 Å². The summed E-state index contributed by atoms with van der Waals surface area (Å²) in [4.78, 5) is 15.7. The molecule has 0 spiro atoms. The van der Waals surface area contributed by atoms with Gasteiger partial charge < -0.3 is 9.47 Å². The molecule has 0 aliphatic carbocycles. The number of amides is 1. The maximum atomic E-state index is 12.6. The standard InChI is InChI=1S/C15H19BrN2OS/c1-4-18-10-12(16)9-14(18)15(19)17(3)11(2)8-13-6-5-7-20-13/h5-7,9-11H,4,8H2,1-3H3. The van der Waals surface area contributed by atoms with Gasteiger partial charge in [0.2, 0.25) is 0 Å². The Morgan fingerprint density at radius 3 is 2.90 bits per heavy atom. The van der Waals surface area contributed by atoms with Crippen LogP contribution >= 0.6 is 27.3 Å². The first-order chi connectivity index (χ1) is 9.52. The van der Waals surface area contributed by atoms with Crippen LogP contribution in [0.25, 0.3) is 0 Å². The summed E-state index contributed by atoms with van der Waals surface area (Å²) in [6.07, 6.45) is 2.85. The number of hydrogen-bond donors (Lipinski definition) is 0. The Hall–Kier alpha value is -1.07. The topological polar surface area (TPSA) is 25.2 Å². The number of carbonyl (C=O) groups is 1. The van der Waals surface area contributed by atoms with Gasteiger partial charge in [0, 0.05) is 41.6 Å². The zero-order valence-electron chi connectivity index (χ0n) is 12.0. The Morgan fingerprint density at radius 2 is 2.30 bits per heavy atom. The fourth-order valence-corrected chi connectivity index (χ4v) is 3.44. The van der Waals surface area contributed by atoms with Gasteiger partial charge in [-0.25, -0.2) is 0 Å². The fourth-order valence-electron chi connectivity index (χ4n) is 2.15. The Morgan fingerprint density at radius 1 is 1.55 bits per heavy atom. The average Bonchev–Trinajstić information content (AvgIpc) is 3.06. The quantitative estimate of drug-likeness (QED) is 0.795. The number of rotatable bonds is 5. The highest BCUT2D eigenvalue weighted by molar-refractivity contribution is 9.10. The number of likely N-dealkylation sites (N-methyl/N-ethyl adjacent to an activating group) is 1. The van der Waals surface area contributed by atoms with Gasteiger partial charge in [0.1, 0.15) is 5.69 Å². The van der Waals surface area contributed by atoms with Crippen LogP contribution in [0, 0.1) is 0 Å². The molecule has 5 heteroatoms. The first kappa shape index (κ1) is 15.3. The molecule has 0 bridgehead atoms. The smallest absolute Gasteiger partial charge is 0.270 e. The van der Waals surface area contributed by atoms with Crippen molar-refractivity contribution in [3.8, 4) is 0 Å². The Balaban J connectivity index is 2.11. The van der Waals surface area contributed by atoms with E-state index in [0.29, 0.717) is 0 Å². The molecule has 0 N–H and O–H groups in total. The lowest BCUT2D eigenvalue weighted by atomic mass is 10.1. The summed E-state index contributed by atoms with van der Waals surface area (Å²) in [6, 6.07) is 6.24. The molecular weight excluding hydrogens is 336 g/mol. The van der Waals surface area contributed by atoms with Crippen LogP contribution < -0.4 is 0 Å². The van der Waals surface area contributed by atoms with Crippen molar-refractivity contribution in [3.05, 3.63) is 44.8 Å². The normalized spacial score (nSPS) is 12.4. The number of nitrogens with zero attached hydrogens (tertiary/aromatic N) is 2. The second kappa shape index (κ2) is 6.59. The molecule has 0 aliphatic heterocycles. The summed E-state index contributed by atoms with van der Waals surface area (Å²) < 4.78 is 2.92. The van der Waals surface area contributed by atoms with E-state index >= 15 is 0 Å². The van der Waals surface area contributed by atoms with E-state index in [1.165, 1.54) is 4.88 Å². The fraction of sp³-hybridized carbons (Fsp3) is 0.400. The molecule has 0 saturated carbocycles. The van der Waals surface area contributed by atoms with Crippen molar-refractivity contribution < 1.29 is 4.79 Å². The molecule has 0 aromatic carbocycles. The van der Waals surface area contributed by atoms with Crippen molar-refractivity contribution in [2.45, 2.75) is 32.9 Å². The highest BCUT2D eigenvalue weighted by Crippen LogP contribution is 2.19. The van der Waals surface area contributed by atoms with Crippen molar-refractivity contribution >= 4 is 33.2 Å². The Labute approximate surface area is 132 Å². The molecule has 2 aromatic rings. The summed E-state index contributed by atoms with van der Waals surface area (Å²) in [5.74, 6) is 0.0709. The van der Waals surface area contributed by atoms with Crippen molar-refractivity contribution in [1.29, 1.82) is 0 Å². The van der Waals surface area contributed by atoms with E-state index in [4.69, 9.17) is 0 Å². The lowest BCUT2D eigenvalue weighted by molar-refractivity contribution is 0.0733. The molecule has 0 radical (unpaired) electrons. The third-order valence-corrected chi connectivity index (χ3v) is 4.81. The van der Waals surface area contributed by atoms with Crippen LogP contribution in [0.15, 0.2) is 34.2 Å². The number of hydrogen-bond acceptors (Lipinski definition) is 2. The van der Waals surface area contributed by atoms with Crippen LogP contribution in [0.5, 0.6) is 0 Å². The van der Waals surface area contributed by atoms with Gasteiger partial charge in [-0.05, 0) is 47.3 Å². The molecule has 2 aromatic heterocycles.